The molecule has 3 N–H and O–H groups in total. The van der Waals surface area contributed by atoms with Crippen molar-refractivity contribution in [3.05, 3.63) is 29.8 Å². The molecule has 1 saturated heterocycles. The van der Waals surface area contributed by atoms with Crippen LogP contribution in [0.3, 0.4) is 0 Å². The zero-order valence-electron chi connectivity index (χ0n) is 22.3. The van der Waals surface area contributed by atoms with Crippen LogP contribution in [0.15, 0.2) is 24.3 Å². The molecule has 37 heavy (non-hydrogen) atoms. The molecule has 0 bridgehead atoms. The van der Waals surface area contributed by atoms with Crippen LogP contribution < -0.4 is 20.7 Å². The molecule has 3 rings (SSSR count). The van der Waals surface area contributed by atoms with Gasteiger partial charge in [-0.1, -0.05) is 32.4 Å². The van der Waals surface area contributed by atoms with E-state index in [0.29, 0.717) is 31.8 Å². The minimum absolute atomic E-state index is 0.165. The molecule has 2 heterocycles. The van der Waals surface area contributed by atoms with Gasteiger partial charge in [-0.25, -0.2) is 0 Å². The Morgan fingerprint density at radius 2 is 1.81 bits per heavy atom. The Hall–Kier alpha value is -3.14. The van der Waals surface area contributed by atoms with Crippen molar-refractivity contribution in [2.45, 2.75) is 58.0 Å². The molecule has 0 saturated carbocycles. The van der Waals surface area contributed by atoms with Crippen LogP contribution in [0.1, 0.15) is 56.3 Å². The van der Waals surface area contributed by atoms with Gasteiger partial charge in [0.1, 0.15) is 24.4 Å². The van der Waals surface area contributed by atoms with Gasteiger partial charge >= 0.3 is 0 Å². The number of ether oxygens (including phenoxy) is 1. The molecule has 10 heteroatoms. The molecule has 1 fully saturated rings. The fraction of sp³-hybridized carbons (Fsp3) is 0.630. The number of hydrogen-bond acceptors (Lipinski definition) is 6. The number of amides is 4. The molecule has 0 unspecified atom stereocenters. The fourth-order valence-corrected chi connectivity index (χ4v) is 4.67. The van der Waals surface area contributed by atoms with E-state index in [1.54, 1.807) is 31.3 Å². The number of piperidine rings is 1. The van der Waals surface area contributed by atoms with Crippen molar-refractivity contribution >= 4 is 23.6 Å². The quantitative estimate of drug-likeness (QED) is 0.523. The number of para-hydroxylation sites is 1. The molecule has 2 aliphatic heterocycles. The first kappa shape index (κ1) is 28.4. The van der Waals surface area contributed by atoms with Crippen molar-refractivity contribution in [1.29, 1.82) is 0 Å². The average molecular weight is 516 g/mol. The summed E-state index contributed by atoms with van der Waals surface area (Å²) in [6, 6.07) is 4.90. The predicted octanol–water partition coefficient (Wildman–Crippen LogP) is 1.16. The van der Waals surface area contributed by atoms with Gasteiger partial charge in [0.05, 0.1) is 18.5 Å². The maximum absolute atomic E-state index is 13.2. The zero-order valence-corrected chi connectivity index (χ0v) is 22.3. The third kappa shape index (κ3) is 8.73. The minimum atomic E-state index is -1.10. The van der Waals surface area contributed by atoms with E-state index in [0.717, 1.165) is 25.9 Å². The molecule has 0 aliphatic carbocycles. The number of carbonyl (C=O) groups excluding carboxylic acids is 4. The lowest BCUT2D eigenvalue weighted by molar-refractivity contribution is -0.136. The Morgan fingerprint density at radius 3 is 2.54 bits per heavy atom. The lowest BCUT2D eigenvalue weighted by Gasteiger charge is -2.28. The van der Waals surface area contributed by atoms with Gasteiger partial charge in [0.25, 0.3) is 5.91 Å². The minimum Gasteiger partial charge on any atom is -0.491 e. The van der Waals surface area contributed by atoms with E-state index in [1.807, 2.05) is 13.8 Å². The number of likely N-dealkylation sites (N-methyl/N-ethyl adjacent to an activating group) is 1. The molecule has 0 aromatic heterocycles. The van der Waals surface area contributed by atoms with Crippen LogP contribution in [0, 0.1) is 5.92 Å². The highest BCUT2D eigenvalue weighted by molar-refractivity contribution is 6.01. The molecule has 204 valence electrons. The second kappa shape index (κ2) is 14.0. The van der Waals surface area contributed by atoms with E-state index in [9.17, 15) is 19.2 Å². The summed E-state index contributed by atoms with van der Waals surface area (Å²) in [5, 5.41) is 8.40. The zero-order chi connectivity index (χ0) is 26.8. The number of hydrogen-bond donors (Lipinski definition) is 3. The lowest BCUT2D eigenvalue weighted by atomic mass is 10.0. The average Bonchev–Trinajstić information content (AvgIpc) is 2.87. The molecular formula is C27H41N5O5. The van der Waals surface area contributed by atoms with Gasteiger partial charge in [-0.3, -0.25) is 19.2 Å². The van der Waals surface area contributed by atoms with Gasteiger partial charge in [-0.15, -0.1) is 0 Å². The summed E-state index contributed by atoms with van der Waals surface area (Å²) >= 11 is 0. The third-order valence-electron chi connectivity index (χ3n) is 6.72. The molecule has 2 atom stereocenters. The first-order valence-corrected chi connectivity index (χ1v) is 13.3. The van der Waals surface area contributed by atoms with Crippen molar-refractivity contribution in [3.8, 4) is 5.75 Å². The van der Waals surface area contributed by atoms with Crippen LogP contribution in [-0.2, 0) is 14.4 Å². The summed E-state index contributed by atoms with van der Waals surface area (Å²) in [6.45, 7) is 7.58. The smallest absolute Gasteiger partial charge is 0.255 e. The molecule has 10 nitrogen and oxygen atoms in total. The fourth-order valence-electron chi connectivity index (χ4n) is 4.67. The summed E-state index contributed by atoms with van der Waals surface area (Å²) in [5.74, 6) is -1.11. The van der Waals surface area contributed by atoms with E-state index < -0.39 is 29.8 Å². The first-order chi connectivity index (χ1) is 17.7. The van der Waals surface area contributed by atoms with E-state index in [4.69, 9.17) is 4.74 Å². The van der Waals surface area contributed by atoms with E-state index in [1.165, 1.54) is 11.3 Å². The molecule has 1 aromatic rings. The van der Waals surface area contributed by atoms with Gasteiger partial charge in [0.2, 0.25) is 17.7 Å². The highest BCUT2D eigenvalue weighted by Crippen LogP contribution is 2.19. The van der Waals surface area contributed by atoms with Crippen LogP contribution in [0.25, 0.3) is 0 Å². The van der Waals surface area contributed by atoms with Gasteiger partial charge in [0.15, 0.2) is 0 Å². The maximum Gasteiger partial charge on any atom is 0.255 e. The van der Waals surface area contributed by atoms with Crippen molar-refractivity contribution in [3.63, 3.8) is 0 Å². The van der Waals surface area contributed by atoms with Crippen molar-refractivity contribution in [2.24, 2.45) is 5.92 Å². The second-order valence-corrected chi connectivity index (χ2v) is 10.3. The number of nitrogens with zero attached hydrogens (tertiary/aromatic N) is 2. The molecule has 0 radical (unpaired) electrons. The molecule has 4 amide bonds. The normalized spacial score (nSPS) is 22.4. The first-order valence-electron chi connectivity index (χ1n) is 13.3. The van der Waals surface area contributed by atoms with Crippen molar-refractivity contribution in [2.75, 3.05) is 46.4 Å². The Morgan fingerprint density at radius 1 is 1.08 bits per heavy atom. The SMILES string of the molecule is CC(C)C[C@H]1NC(=O)C[C@@H](C(=O)NCCN2CCCCC2)NC(=O)c2ccccc2OCCN(C)C1=O. The maximum atomic E-state index is 13.2. The van der Waals surface area contributed by atoms with Crippen molar-refractivity contribution in [1.82, 2.24) is 25.8 Å². The summed E-state index contributed by atoms with van der Waals surface area (Å²) in [7, 11) is 1.66. The van der Waals surface area contributed by atoms with Crippen LogP contribution in [0.4, 0.5) is 0 Å². The highest BCUT2D eigenvalue weighted by Gasteiger charge is 2.30. The highest BCUT2D eigenvalue weighted by atomic mass is 16.5. The van der Waals surface area contributed by atoms with Gasteiger partial charge in [-0.2, -0.15) is 0 Å². The topological polar surface area (TPSA) is 120 Å². The summed E-state index contributed by atoms with van der Waals surface area (Å²) in [6.07, 6.45) is 3.71. The molecule has 0 spiro atoms. The van der Waals surface area contributed by atoms with Crippen molar-refractivity contribution < 1.29 is 23.9 Å². The van der Waals surface area contributed by atoms with Gasteiger partial charge in [0, 0.05) is 20.1 Å². The number of rotatable bonds is 6. The van der Waals surface area contributed by atoms with Crippen LogP contribution in [0.2, 0.25) is 0 Å². The number of nitrogens with one attached hydrogen (secondary N) is 3. The summed E-state index contributed by atoms with van der Waals surface area (Å²) in [4.78, 5) is 56.3. The number of carbonyl (C=O) groups is 4. The van der Waals surface area contributed by atoms with Crippen LogP contribution >= 0.6 is 0 Å². The molecule has 2 aliphatic rings. The monoisotopic (exact) mass is 515 g/mol. The van der Waals surface area contributed by atoms with Gasteiger partial charge < -0.3 is 30.5 Å². The molecule has 1 aromatic carbocycles. The Bertz CT molecular complexity index is 947. The second-order valence-electron chi connectivity index (χ2n) is 10.3. The van der Waals surface area contributed by atoms with Crippen LogP contribution in [-0.4, -0.2) is 91.9 Å². The third-order valence-corrected chi connectivity index (χ3v) is 6.72. The Kier molecular flexibility index (Phi) is 10.7. The van der Waals surface area contributed by atoms with E-state index >= 15 is 0 Å². The Balaban J connectivity index is 1.78. The summed E-state index contributed by atoms with van der Waals surface area (Å²) in [5.41, 5.74) is 0.262. The van der Waals surface area contributed by atoms with E-state index in [-0.39, 0.29) is 30.4 Å². The van der Waals surface area contributed by atoms with E-state index in [2.05, 4.69) is 20.9 Å². The number of likely N-dealkylation sites (tertiary alicyclic amines) is 1. The van der Waals surface area contributed by atoms with Gasteiger partial charge in [-0.05, 0) is 50.4 Å². The number of benzene rings is 1. The Labute approximate surface area is 219 Å². The van der Waals surface area contributed by atoms with Crippen LogP contribution in [0.5, 0.6) is 5.75 Å². The lowest BCUT2D eigenvalue weighted by Crippen LogP contribution is -2.53. The molecular weight excluding hydrogens is 474 g/mol. The number of fused-ring (bicyclic) bond motifs is 1. The predicted molar refractivity (Wildman–Crippen MR) is 140 cm³/mol. The standard InChI is InChI=1S/C27H41N5O5/c1-19(2)17-22-27(36)31(3)15-16-37-23-10-6-5-9-20(23)25(34)30-21(18-24(33)29-22)26(35)28-11-14-32-12-7-4-8-13-32/h5-6,9-10,19,21-22H,4,7-8,11-18H2,1-3H3,(H,28,35)(H,29,33)(H,30,34)/t21-,22+/m0/s1. The summed E-state index contributed by atoms with van der Waals surface area (Å²) < 4.78 is 5.84. The largest absolute Gasteiger partial charge is 0.491 e.